The number of rotatable bonds is 8. The summed E-state index contributed by atoms with van der Waals surface area (Å²) in [6, 6.07) is 7.74. The molecule has 10 atom stereocenters. The maximum Gasteiger partial charge on any atom is 0.335 e. The number of carboxylic acids is 1. The number of urea groups is 1. The molecule has 48 heavy (non-hydrogen) atoms. The fourth-order valence-electron chi connectivity index (χ4n) is 13.6. The Morgan fingerprint density at radius 3 is 2.27 bits per heavy atom. The van der Waals surface area contributed by atoms with Gasteiger partial charge in [-0.2, -0.15) is 0 Å². The molecule has 6 rings (SSSR count). The second kappa shape index (κ2) is 12.6. The van der Waals surface area contributed by atoms with Gasteiger partial charge in [0.25, 0.3) is 0 Å². The van der Waals surface area contributed by atoms with Crippen LogP contribution in [0.25, 0.3) is 0 Å². The minimum atomic E-state index is -0.859. The van der Waals surface area contributed by atoms with Crippen molar-refractivity contribution in [2.24, 2.45) is 57.5 Å². The number of carboxylic acid groups (broad SMARTS) is 1. The molecule has 0 bridgehead atoms. The molecule has 0 spiro atoms. The normalized spacial score (nSPS) is 41.6. The Morgan fingerprint density at radius 1 is 0.917 bits per heavy atom. The van der Waals surface area contributed by atoms with E-state index in [-0.39, 0.29) is 33.4 Å². The third-order valence-electron chi connectivity index (χ3n) is 15.9. The average Bonchev–Trinajstić information content (AvgIpc) is 3.39. The zero-order valence-corrected chi connectivity index (χ0v) is 31.3. The van der Waals surface area contributed by atoms with Crippen LogP contribution in [-0.4, -0.2) is 60.3 Å². The maximum atomic E-state index is 13.4. The van der Waals surface area contributed by atoms with E-state index in [1.165, 1.54) is 44.1 Å². The molecule has 0 saturated heterocycles. The van der Waals surface area contributed by atoms with Crippen molar-refractivity contribution in [2.75, 3.05) is 27.2 Å². The summed E-state index contributed by atoms with van der Waals surface area (Å²) in [5.74, 6) is 2.75. The fourth-order valence-corrected chi connectivity index (χ4v) is 13.6. The highest BCUT2D eigenvalue weighted by atomic mass is 16.4. The molecule has 2 amide bonds. The summed E-state index contributed by atoms with van der Waals surface area (Å²) in [6.07, 6.45) is 12.3. The first-order chi connectivity index (χ1) is 22.5. The monoisotopic (exact) mass is 663 g/mol. The Balaban J connectivity index is 1.25. The number of hydrogen-bond acceptors (Lipinski definition) is 4. The molecule has 0 radical (unpaired) electrons. The van der Waals surface area contributed by atoms with Crippen molar-refractivity contribution in [3.8, 4) is 0 Å². The first-order valence-corrected chi connectivity index (χ1v) is 19.3. The van der Waals surface area contributed by atoms with Gasteiger partial charge in [0, 0.05) is 17.6 Å². The molecule has 1 unspecified atom stereocenters. The number of nitrogens with one attached hydrogen (secondary N) is 2. The molecule has 5 aliphatic carbocycles. The van der Waals surface area contributed by atoms with Crippen LogP contribution in [0.5, 0.6) is 0 Å². The zero-order valence-electron chi connectivity index (χ0n) is 31.3. The largest absolute Gasteiger partial charge is 0.478 e. The van der Waals surface area contributed by atoms with Crippen LogP contribution in [0, 0.1) is 51.8 Å². The lowest BCUT2D eigenvalue weighted by molar-refractivity contribution is -0.206. The van der Waals surface area contributed by atoms with E-state index in [1.807, 2.05) is 0 Å². The summed E-state index contributed by atoms with van der Waals surface area (Å²) < 4.78 is 0. The number of nitrogens with zero attached hydrogens (tertiary/aromatic N) is 1. The summed E-state index contributed by atoms with van der Waals surface area (Å²) in [6.45, 7) is 16.7. The molecule has 0 aromatic heterocycles. The molecular formula is C41H66N4O3. The molecule has 7 nitrogen and oxygen atoms in total. The van der Waals surface area contributed by atoms with Crippen LogP contribution in [0.3, 0.4) is 0 Å². The Morgan fingerprint density at radius 2 is 1.62 bits per heavy atom. The zero-order chi connectivity index (χ0) is 34.9. The molecule has 1 aromatic rings. The third kappa shape index (κ3) is 5.52. The first kappa shape index (κ1) is 35.7. The SMILES string of the molecule is CC(C)C1CC[C@]2(NC(=O)NCCCN(C)C)CC[C@]3(N)[C@H](CC[C@@H]4[C@@]5(C)CC[C@@H](c6ccc(C(=O)O)cc6)C(C)(C)[C@@H]5CC[C@]43C)[C@@H]12. The van der Waals surface area contributed by atoms with Crippen LogP contribution in [0.2, 0.25) is 0 Å². The standard InChI is InChI=1S/C41H66N4O3/c1-26(2)29-16-21-40(44-36(48)43-24-9-25-45(7)8)22-23-41(42)31(34(29)40)14-15-33-38(5)19-17-30(27-10-12-28(13-11-27)35(46)47)37(3,4)32(38)18-20-39(33,41)6/h10-13,26,29-34H,9,14-25,42H2,1-8H3,(H,46,47)(H2,43,44,48)/t29?,30-,31+,32-,33+,34+,38-,39+,40-,41-/m0/s1. The molecule has 5 N–H and O–H groups in total. The van der Waals surface area contributed by atoms with E-state index in [2.05, 4.69) is 83.3 Å². The number of amides is 2. The summed E-state index contributed by atoms with van der Waals surface area (Å²) >= 11 is 0. The fraction of sp³-hybridized carbons (Fsp3) is 0.805. The number of fused-ring (bicyclic) bond motifs is 7. The van der Waals surface area contributed by atoms with Gasteiger partial charge in [-0.25, -0.2) is 9.59 Å². The molecule has 0 aliphatic heterocycles. The van der Waals surface area contributed by atoms with Crippen LogP contribution < -0.4 is 16.4 Å². The van der Waals surface area contributed by atoms with Crippen molar-refractivity contribution in [3.63, 3.8) is 0 Å². The maximum absolute atomic E-state index is 13.4. The van der Waals surface area contributed by atoms with Gasteiger partial charge in [-0.05, 0) is 167 Å². The van der Waals surface area contributed by atoms with Crippen LogP contribution in [0.15, 0.2) is 24.3 Å². The van der Waals surface area contributed by atoms with Crippen molar-refractivity contribution >= 4 is 12.0 Å². The predicted molar refractivity (Wildman–Crippen MR) is 194 cm³/mol. The van der Waals surface area contributed by atoms with Crippen molar-refractivity contribution in [3.05, 3.63) is 35.4 Å². The number of aromatic carboxylic acids is 1. The van der Waals surface area contributed by atoms with E-state index < -0.39 is 5.97 Å². The van der Waals surface area contributed by atoms with Crippen molar-refractivity contribution in [1.82, 2.24) is 15.5 Å². The van der Waals surface area contributed by atoms with Gasteiger partial charge in [0.15, 0.2) is 0 Å². The van der Waals surface area contributed by atoms with Crippen LogP contribution in [0.4, 0.5) is 4.79 Å². The van der Waals surface area contributed by atoms with Crippen molar-refractivity contribution < 1.29 is 14.7 Å². The lowest BCUT2D eigenvalue weighted by atomic mass is 9.34. The van der Waals surface area contributed by atoms with Gasteiger partial charge in [0.05, 0.1) is 5.56 Å². The Bertz CT molecular complexity index is 1360. The highest BCUT2D eigenvalue weighted by Gasteiger charge is 2.71. The number of benzene rings is 1. The van der Waals surface area contributed by atoms with Crippen molar-refractivity contribution in [1.29, 1.82) is 0 Å². The average molecular weight is 663 g/mol. The Kier molecular flexibility index (Phi) is 9.36. The van der Waals surface area contributed by atoms with Crippen molar-refractivity contribution in [2.45, 2.75) is 129 Å². The lowest BCUT2D eigenvalue weighted by Gasteiger charge is -2.73. The quantitative estimate of drug-likeness (QED) is 0.212. The molecule has 268 valence electrons. The topological polar surface area (TPSA) is 108 Å². The van der Waals surface area contributed by atoms with E-state index in [4.69, 9.17) is 5.73 Å². The van der Waals surface area contributed by atoms with Gasteiger partial charge in [-0.3, -0.25) is 0 Å². The highest BCUT2D eigenvalue weighted by molar-refractivity contribution is 5.87. The molecule has 1 aromatic carbocycles. The minimum Gasteiger partial charge on any atom is -0.478 e. The second-order valence-electron chi connectivity index (χ2n) is 18.8. The molecule has 5 aliphatic rings. The molecule has 5 saturated carbocycles. The van der Waals surface area contributed by atoms with E-state index in [1.54, 1.807) is 12.1 Å². The van der Waals surface area contributed by atoms with Gasteiger partial charge < -0.3 is 26.4 Å². The molecule has 5 fully saturated rings. The number of hydrogen-bond donors (Lipinski definition) is 4. The molecular weight excluding hydrogens is 596 g/mol. The Labute approximate surface area is 290 Å². The van der Waals surface area contributed by atoms with E-state index >= 15 is 0 Å². The highest BCUT2D eigenvalue weighted by Crippen LogP contribution is 2.74. The summed E-state index contributed by atoms with van der Waals surface area (Å²) in [5.41, 5.74) is 9.68. The predicted octanol–water partition coefficient (Wildman–Crippen LogP) is 7.90. The summed E-state index contributed by atoms with van der Waals surface area (Å²) in [7, 11) is 4.15. The molecule has 0 heterocycles. The summed E-state index contributed by atoms with van der Waals surface area (Å²) in [4.78, 5) is 27.2. The van der Waals surface area contributed by atoms with E-state index in [0.29, 0.717) is 53.5 Å². The van der Waals surface area contributed by atoms with Gasteiger partial charge >= 0.3 is 12.0 Å². The second-order valence-corrected chi connectivity index (χ2v) is 18.8. The van der Waals surface area contributed by atoms with Crippen LogP contribution in [0.1, 0.15) is 134 Å². The van der Waals surface area contributed by atoms with E-state index in [9.17, 15) is 14.7 Å². The lowest BCUT2D eigenvalue weighted by Crippen LogP contribution is -2.75. The number of carbonyl (C=O) groups is 2. The van der Waals surface area contributed by atoms with Gasteiger partial charge in [-0.15, -0.1) is 0 Å². The Hall–Kier alpha value is -2.12. The van der Waals surface area contributed by atoms with Crippen LogP contribution in [-0.2, 0) is 0 Å². The minimum absolute atomic E-state index is 0.0113. The summed E-state index contributed by atoms with van der Waals surface area (Å²) in [5, 5.41) is 16.3. The number of nitrogens with two attached hydrogens (primary N) is 1. The number of carbonyl (C=O) groups excluding carboxylic acids is 1. The smallest absolute Gasteiger partial charge is 0.335 e. The van der Waals surface area contributed by atoms with E-state index in [0.717, 1.165) is 38.6 Å². The molecule has 7 heteroatoms. The van der Waals surface area contributed by atoms with Gasteiger partial charge in [0.1, 0.15) is 0 Å². The third-order valence-corrected chi connectivity index (χ3v) is 15.9. The first-order valence-electron chi connectivity index (χ1n) is 19.3. The van der Waals surface area contributed by atoms with Gasteiger partial charge in [0.2, 0.25) is 0 Å². The van der Waals surface area contributed by atoms with Crippen LogP contribution >= 0.6 is 0 Å². The van der Waals surface area contributed by atoms with Gasteiger partial charge in [-0.1, -0.05) is 53.7 Å².